The lowest BCUT2D eigenvalue weighted by Gasteiger charge is -2.15. The Labute approximate surface area is 175 Å². The molecule has 1 saturated carbocycles. The molecule has 0 spiro atoms. The smallest absolute Gasteiger partial charge is 0.231 e. The highest BCUT2D eigenvalue weighted by atomic mass is 16.7. The Morgan fingerprint density at radius 2 is 1.60 bits per heavy atom. The maximum absolute atomic E-state index is 13.3. The van der Waals surface area contributed by atoms with Crippen molar-refractivity contribution in [1.82, 2.24) is 0 Å². The number of ketones is 2. The first-order valence-corrected chi connectivity index (χ1v) is 10.2. The molecule has 0 N–H and O–H groups in total. The lowest BCUT2D eigenvalue weighted by molar-refractivity contribution is -0.120. The van der Waals surface area contributed by atoms with Crippen molar-refractivity contribution < 1.29 is 19.1 Å². The maximum atomic E-state index is 13.3. The molecule has 4 heteroatoms. The molecule has 0 radical (unpaired) electrons. The van der Waals surface area contributed by atoms with E-state index in [1.807, 2.05) is 66.7 Å². The summed E-state index contributed by atoms with van der Waals surface area (Å²) in [7, 11) is 0. The molecular weight excluding hydrogens is 376 g/mol. The van der Waals surface area contributed by atoms with Gasteiger partial charge < -0.3 is 9.47 Å². The van der Waals surface area contributed by atoms with Crippen LogP contribution in [0.4, 0.5) is 0 Å². The molecular formula is C26H22O4. The Kier molecular flexibility index (Phi) is 4.43. The van der Waals surface area contributed by atoms with E-state index in [2.05, 4.69) is 0 Å². The van der Waals surface area contributed by atoms with Crippen molar-refractivity contribution in [3.05, 3.63) is 83.4 Å². The van der Waals surface area contributed by atoms with Gasteiger partial charge >= 0.3 is 0 Å². The SMILES string of the molecule is CC(=O)c1cccc(-c2cccc(CC(=O)C3(c4ccc5c(c4)OCO5)CC3)c2)c1. The van der Waals surface area contributed by atoms with Crippen molar-refractivity contribution in [1.29, 1.82) is 0 Å². The van der Waals surface area contributed by atoms with Gasteiger partial charge in [0.05, 0.1) is 5.41 Å². The summed E-state index contributed by atoms with van der Waals surface area (Å²) in [6, 6.07) is 21.5. The summed E-state index contributed by atoms with van der Waals surface area (Å²) in [5, 5.41) is 0. The number of rotatable bonds is 6. The van der Waals surface area contributed by atoms with E-state index in [1.165, 1.54) is 0 Å². The summed E-state index contributed by atoms with van der Waals surface area (Å²) >= 11 is 0. The number of hydrogen-bond acceptors (Lipinski definition) is 4. The summed E-state index contributed by atoms with van der Waals surface area (Å²) in [6.45, 7) is 1.80. The van der Waals surface area contributed by atoms with Crippen LogP contribution in [0.15, 0.2) is 66.7 Å². The molecule has 2 aliphatic rings. The molecule has 1 heterocycles. The van der Waals surface area contributed by atoms with Crippen molar-refractivity contribution in [3.8, 4) is 22.6 Å². The zero-order chi connectivity index (χ0) is 20.7. The number of benzene rings is 3. The molecule has 1 aliphatic carbocycles. The Morgan fingerprint density at radius 1 is 0.867 bits per heavy atom. The molecule has 0 saturated heterocycles. The van der Waals surface area contributed by atoms with E-state index in [9.17, 15) is 9.59 Å². The fourth-order valence-electron chi connectivity index (χ4n) is 4.18. The van der Waals surface area contributed by atoms with E-state index >= 15 is 0 Å². The summed E-state index contributed by atoms with van der Waals surface area (Å²) in [4.78, 5) is 25.0. The van der Waals surface area contributed by atoms with Gasteiger partial charge in [0.2, 0.25) is 6.79 Å². The van der Waals surface area contributed by atoms with E-state index < -0.39 is 5.41 Å². The predicted octanol–water partition coefficient (Wildman–Crippen LogP) is 5.13. The fraction of sp³-hybridized carbons (Fsp3) is 0.231. The molecule has 0 aromatic heterocycles. The van der Waals surface area contributed by atoms with Crippen molar-refractivity contribution in [3.63, 3.8) is 0 Å². The number of ether oxygens (including phenoxy) is 2. The lowest BCUT2D eigenvalue weighted by atomic mass is 9.87. The molecule has 5 rings (SSSR count). The topological polar surface area (TPSA) is 52.6 Å². The quantitative estimate of drug-likeness (QED) is 0.540. The molecule has 3 aromatic rings. The first-order valence-electron chi connectivity index (χ1n) is 10.2. The average molecular weight is 398 g/mol. The normalized spacial score (nSPS) is 15.6. The van der Waals surface area contributed by atoms with Crippen LogP contribution in [0, 0.1) is 0 Å². The second-order valence-corrected chi connectivity index (χ2v) is 8.09. The van der Waals surface area contributed by atoms with Crippen LogP contribution in [0.5, 0.6) is 11.5 Å². The van der Waals surface area contributed by atoms with Gasteiger partial charge in [-0.05, 0) is 60.2 Å². The largest absolute Gasteiger partial charge is 0.454 e. The average Bonchev–Trinajstić information content (AvgIpc) is 3.45. The predicted molar refractivity (Wildman–Crippen MR) is 114 cm³/mol. The van der Waals surface area contributed by atoms with Crippen LogP contribution in [0.2, 0.25) is 0 Å². The number of fused-ring (bicyclic) bond motifs is 1. The molecule has 0 atom stereocenters. The molecule has 0 amide bonds. The third-order valence-electron chi connectivity index (χ3n) is 6.10. The van der Waals surface area contributed by atoms with Gasteiger partial charge in [0.1, 0.15) is 5.78 Å². The van der Waals surface area contributed by atoms with Crippen LogP contribution in [-0.4, -0.2) is 18.4 Å². The van der Waals surface area contributed by atoms with Crippen molar-refractivity contribution >= 4 is 11.6 Å². The Hall–Kier alpha value is -3.40. The van der Waals surface area contributed by atoms with E-state index in [1.54, 1.807) is 6.92 Å². The summed E-state index contributed by atoms with van der Waals surface area (Å²) in [6.07, 6.45) is 2.12. The monoisotopic (exact) mass is 398 g/mol. The standard InChI is InChI=1S/C26H22O4/c1-17(27)19-5-3-7-21(14-19)20-6-2-4-18(12-20)13-25(28)26(10-11-26)22-8-9-23-24(15-22)30-16-29-23/h2-9,12,14-15H,10-11,13,16H2,1H3. The van der Waals surface area contributed by atoms with Crippen LogP contribution < -0.4 is 9.47 Å². The van der Waals surface area contributed by atoms with E-state index in [4.69, 9.17) is 9.47 Å². The minimum absolute atomic E-state index is 0.0441. The molecule has 3 aromatic carbocycles. The van der Waals surface area contributed by atoms with Crippen LogP contribution in [0.25, 0.3) is 11.1 Å². The summed E-state index contributed by atoms with van der Waals surface area (Å²) in [5.41, 5.74) is 4.27. The third-order valence-corrected chi connectivity index (χ3v) is 6.10. The van der Waals surface area contributed by atoms with Crippen molar-refractivity contribution in [2.75, 3.05) is 6.79 Å². The Bertz CT molecular complexity index is 1160. The van der Waals surface area contributed by atoms with Crippen molar-refractivity contribution in [2.24, 2.45) is 0 Å². The number of hydrogen-bond donors (Lipinski definition) is 0. The van der Waals surface area contributed by atoms with Gasteiger partial charge in [-0.25, -0.2) is 0 Å². The van der Waals surface area contributed by atoms with Crippen LogP contribution in [0.1, 0.15) is 41.3 Å². The molecule has 0 bridgehead atoms. The first kappa shape index (κ1) is 18.6. The minimum Gasteiger partial charge on any atom is -0.454 e. The van der Waals surface area contributed by atoms with E-state index in [0.29, 0.717) is 12.0 Å². The summed E-state index contributed by atoms with van der Waals surface area (Å²) < 4.78 is 10.9. The number of carbonyl (C=O) groups excluding carboxylic acids is 2. The van der Waals surface area contributed by atoms with Gasteiger partial charge in [0, 0.05) is 12.0 Å². The van der Waals surface area contributed by atoms with Gasteiger partial charge in [-0.15, -0.1) is 0 Å². The van der Waals surface area contributed by atoms with Crippen molar-refractivity contribution in [2.45, 2.75) is 31.6 Å². The van der Waals surface area contributed by atoms with Crippen LogP contribution in [0.3, 0.4) is 0 Å². The Morgan fingerprint density at radius 3 is 2.37 bits per heavy atom. The zero-order valence-electron chi connectivity index (χ0n) is 16.8. The highest BCUT2D eigenvalue weighted by Gasteiger charge is 2.50. The third kappa shape index (κ3) is 3.28. The molecule has 150 valence electrons. The molecule has 4 nitrogen and oxygen atoms in total. The molecule has 30 heavy (non-hydrogen) atoms. The van der Waals surface area contributed by atoms with Gasteiger partial charge in [-0.3, -0.25) is 9.59 Å². The highest BCUT2D eigenvalue weighted by molar-refractivity contribution is 5.96. The Balaban J connectivity index is 1.39. The number of Topliss-reactive ketones (excluding diaryl/α,β-unsaturated/α-hetero) is 2. The fourth-order valence-corrected chi connectivity index (χ4v) is 4.18. The van der Waals surface area contributed by atoms with Gasteiger partial charge in [-0.2, -0.15) is 0 Å². The first-order chi connectivity index (χ1) is 14.5. The van der Waals surface area contributed by atoms with Crippen LogP contribution in [-0.2, 0) is 16.6 Å². The van der Waals surface area contributed by atoms with Gasteiger partial charge in [0.15, 0.2) is 17.3 Å². The summed E-state index contributed by atoms with van der Waals surface area (Å²) in [5.74, 6) is 1.74. The second-order valence-electron chi connectivity index (χ2n) is 8.09. The zero-order valence-corrected chi connectivity index (χ0v) is 16.8. The van der Waals surface area contributed by atoms with Gasteiger partial charge in [-0.1, -0.05) is 48.5 Å². The van der Waals surface area contributed by atoms with Gasteiger partial charge in [0.25, 0.3) is 0 Å². The van der Waals surface area contributed by atoms with E-state index in [-0.39, 0.29) is 18.4 Å². The molecule has 0 unspecified atom stereocenters. The second kappa shape index (κ2) is 7.13. The highest BCUT2D eigenvalue weighted by Crippen LogP contribution is 2.51. The number of carbonyl (C=O) groups is 2. The maximum Gasteiger partial charge on any atom is 0.231 e. The lowest BCUT2D eigenvalue weighted by Crippen LogP contribution is -2.22. The van der Waals surface area contributed by atoms with Crippen LogP contribution >= 0.6 is 0 Å². The van der Waals surface area contributed by atoms with E-state index in [0.717, 1.165) is 46.6 Å². The minimum atomic E-state index is -0.411. The molecule has 1 aliphatic heterocycles. The molecule has 1 fully saturated rings.